The zero-order valence-electron chi connectivity index (χ0n) is 11.5. The summed E-state index contributed by atoms with van der Waals surface area (Å²) in [7, 11) is 1.66. The number of rotatable bonds is 4. The Morgan fingerprint density at radius 2 is 2.10 bits per heavy atom. The number of nitrogen functional groups attached to an aromatic ring is 1. The van der Waals surface area contributed by atoms with Crippen LogP contribution in [-0.4, -0.2) is 17.0 Å². The fourth-order valence-corrected chi connectivity index (χ4v) is 2.04. The molecule has 0 aliphatic heterocycles. The van der Waals surface area contributed by atoms with Gasteiger partial charge in [-0.25, -0.2) is 0 Å². The van der Waals surface area contributed by atoms with Gasteiger partial charge < -0.3 is 15.0 Å². The Morgan fingerprint density at radius 1 is 1.35 bits per heavy atom. The molecule has 0 amide bonds. The highest BCUT2D eigenvalue weighted by Gasteiger charge is 2.10. The number of nitrogens with zero attached hydrogens (tertiary/aromatic N) is 1. The standard InChI is InChI=1S/C15H17N3O2/c1-3-20-11-6-4-5-10(9-11)13-8-7-12(14(16)17)15(19)18(13)2/h4-9H,3H2,1-2H3,(H3,16,17). The van der Waals surface area contributed by atoms with Crippen molar-refractivity contribution in [2.75, 3.05) is 6.61 Å². The molecule has 2 rings (SSSR count). The van der Waals surface area contributed by atoms with Gasteiger partial charge in [0.05, 0.1) is 17.9 Å². The van der Waals surface area contributed by atoms with Gasteiger partial charge in [-0.1, -0.05) is 12.1 Å². The Morgan fingerprint density at radius 3 is 2.75 bits per heavy atom. The highest BCUT2D eigenvalue weighted by Crippen LogP contribution is 2.22. The maximum absolute atomic E-state index is 12.1. The molecule has 5 heteroatoms. The third-order valence-corrected chi connectivity index (χ3v) is 3.04. The molecular formula is C15H17N3O2. The average molecular weight is 271 g/mol. The summed E-state index contributed by atoms with van der Waals surface area (Å²) in [5, 5.41) is 7.38. The minimum atomic E-state index is -0.281. The third-order valence-electron chi connectivity index (χ3n) is 3.04. The van der Waals surface area contributed by atoms with Crippen LogP contribution >= 0.6 is 0 Å². The van der Waals surface area contributed by atoms with Crippen LogP contribution in [0, 0.1) is 5.41 Å². The van der Waals surface area contributed by atoms with E-state index in [1.165, 1.54) is 4.57 Å². The van der Waals surface area contributed by atoms with Crippen molar-refractivity contribution in [3.63, 3.8) is 0 Å². The Kier molecular flexibility index (Phi) is 3.89. The van der Waals surface area contributed by atoms with Crippen molar-refractivity contribution in [1.82, 2.24) is 4.57 Å². The molecule has 0 aliphatic carbocycles. The molecule has 0 radical (unpaired) electrons. The van der Waals surface area contributed by atoms with Crippen LogP contribution < -0.4 is 16.0 Å². The predicted molar refractivity (Wildman–Crippen MR) is 79.3 cm³/mol. The smallest absolute Gasteiger partial charge is 0.261 e. The molecule has 1 heterocycles. The molecular weight excluding hydrogens is 254 g/mol. The molecule has 0 bridgehead atoms. The molecule has 5 nitrogen and oxygen atoms in total. The van der Waals surface area contributed by atoms with Gasteiger partial charge in [0.1, 0.15) is 11.6 Å². The van der Waals surface area contributed by atoms with E-state index in [0.717, 1.165) is 17.0 Å². The predicted octanol–water partition coefficient (Wildman–Crippen LogP) is 1.74. The van der Waals surface area contributed by atoms with E-state index in [1.54, 1.807) is 19.2 Å². The number of nitrogens with two attached hydrogens (primary N) is 1. The van der Waals surface area contributed by atoms with E-state index in [2.05, 4.69) is 0 Å². The molecule has 0 spiro atoms. The number of aromatic nitrogens is 1. The van der Waals surface area contributed by atoms with E-state index in [0.29, 0.717) is 6.61 Å². The van der Waals surface area contributed by atoms with E-state index in [-0.39, 0.29) is 17.0 Å². The van der Waals surface area contributed by atoms with Crippen LogP contribution in [0.5, 0.6) is 5.75 Å². The summed E-state index contributed by atoms with van der Waals surface area (Å²) in [4.78, 5) is 12.1. The van der Waals surface area contributed by atoms with Crippen LogP contribution in [0.4, 0.5) is 0 Å². The van der Waals surface area contributed by atoms with Crippen molar-refractivity contribution in [2.24, 2.45) is 12.8 Å². The first-order chi connectivity index (χ1) is 9.54. The number of nitrogens with one attached hydrogen (secondary N) is 1. The quantitative estimate of drug-likeness (QED) is 0.656. The number of amidine groups is 1. The van der Waals surface area contributed by atoms with E-state index in [1.807, 2.05) is 31.2 Å². The summed E-state index contributed by atoms with van der Waals surface area (Å²) in [6, 6.07) is 10.9. The van der Waals surface area contributed by atoms with E-state index < -0.39 is 0 Å². The average Bonchev–Trinajstić information content (AvgIpc) is 2.42. The molecule has 0 aliphatic rings. The van der Waals surface area contributed by atoms with Gasteiger partial charge in [-0.05, 0) is 31.2 Å². The Balaban J connectivity index is 2.54. The summed E-state index contributed by atoms with van der Waals surface area (Å²) in [6.07, 6.45) is 0. The Labute approximate surface area is 117 Å². The molecule has 3 N–H and O–H groups in total. The van der Waals surface area contributed by atoms with Gasteiger partial charge in [0.15, 0.2) is 0 Å². The van der Waals surface area contributed by atoms with Crippen molar-refractivity contribution in [2.45, 2.75) is 6.92 Å². The van der Waals surface area contributed by atoms with Crippen LogP contribution in [0.15, 0.2) is 41.2 Å². The minimum absolute atomic E-state index is 0.206. The first kappa shape index (κ1) is 13.9. The van der Waals surface area contributed by atoms with Crippen molar-refractivity contribution in [1.29, 1.82) is 5.41 Å². The van der Waals surface area contributed by atoms with Crippen LogP contribution in [0.25, 0.3) is 11.3 Å². The lowest BCUT2D eigenvalue weighted by Crippen LogP contribution is -2.28. The first-order valence-corrected chi connectivity index (χ1v) is 6.32. The molecule has 0 atom stereocenters. The minimum Gasteiger partial charge on any atom is -0.494 e. The van der Waals surface area contributed by atoms with E-state index >= 15 is 0 Å². The zero-order valence-corrected chi connectivity index (χ0v) is 11.5. The monoisotopic (exact) mass is 271 g/mol. The fourth-order valence-electron chi connectivity index (χ4n) is 2.04. The lowest BCUT2D eigenvalue weighted by atomic mass is 10.1. The van der Waals surface area contributed by atoms with Gasteiger partial charge in [0, 0.05) is 12.6 Å². The molecule has 0 fully saturated rings. The number of benzene rings is 1. The number of hydrogen-bond acceptors (Lipinski definition) is 3. The van der Waals surface area contributed by atoms with Gasteiger partial charge >= 0.3 is 0 Å². The van der Waals surface area contributed by atoms with Crippen LogP contribution in [0.3, 0.4) is 0 Å². The SMILES string of the molecule is CCOc1cccc(-c2ccc(C(=N)N)c(=O)n2C)c1. The summed E-state index contributed by atoms with van der Waals surface area (Å²) in [6.45, 7) is 2.51. The lowest BCUT2D eigenvalue weighted by molar-refractivity contribution is 0.340. The normalized spacial score (nSPS) is 10.3. The zero-order chi connectivity index (χ0) is 14.7. The molecule has 0 unspecified atom stereocenters. The second-order valence-corrected chi connectivity index (χ2v) is 4.37. The maximum atomic E-state index is 12.1. The van der Waals surface area contributed by atoms with Crippen molar-refractivity contribution in [3.05, 3.63) is 52.3 Å². The summed E-state index contributed by atoms with van der Waals surface area (Å²) >= 11 is 0. The maximum Gasteiger partial charge on any atom is 0.261 e. The fraction of sp³-hybridized carbons (Fsp3) is 0.200. The largest absolute Gasteiger partial charge is 0.494 e. The Bertz CT molecular complexity index is 705. The van der Waals surface area contributed by atoms with Crippen molar-refractivity contribution < 1.29 is 4.74 Å². The number of hydrogen-bond donors (Lipinski definition) is 2. The van der Waals surface area contributed by atoms with E-state index in [9.17, 15) is 4.79 Å². The molecule has 2 aromatic rings. The second-order valence-electron chi connectivity index (χ2n) is 4.37. The second kappa shape index (κ2) is 5.61. The van der Waals surface area contributed by atoms with Gasteiger partial charge in [0.2, 0.25) is 0 Å². The van der Waals surface area contributed by atoms with Crippen molar-refractivity contribution in [3.8, 4) is 17.0 Å². The topological polar surface area (TPSA) is 81.1 Å². The molecule has 104 valence electrons. The van der Waals surface area contributed by atoms with Gasteiger partial charge in [-0.3, -0.25) is 10.2 Å². The van der Waals surface area contributed by atoms with Crippen LogP contribution in [0.1, 0.15) is 12.5 Å². The number of ether oxygens (including phenoxy) is 1. The molecule has 0 saturated heterocycles. The van der Waals surface area contributed by atoms with Crippen LogP contribution in [-0.2, 0) is 7.05 Å². The van der Waals surface area contributed by atoms with E-state index in [4.69, 9.17) is 15.9 Å². The Hall–Kier alpha value is -2.56. The highest BCUT2D eigenvalue weighted by molar-refractivity contribution is 5.94. The summed E-state index contributed by atoms with van der Waals surface area (Å²) in [5.41, 5.74) is 6.94. The third kappa shape index (κ3) is 2.56. The molecule has 20 heavy (non-hydrogen) atoms. The van der Waals surface area contributed by atoms with Crippen molar-refractivity contribution >= 4 is 5.84 Å². The van der Waals surface area contributed by atoms with Gasteiger partial charge in [0.25, 0.3) is 5.56 Å². The van der Waals surface area contributed by atoms with Gasteiger partial charge in [-0.15, -0.1) is 0 Å². The number of pyridine rings is 1. The summed E-state index contributed by atoms with van der Waals surface area (Å²) < 4.78 is 6.95. The van der Waals surface area contributed by atoms with Gasteiger partial charge in [-0.2, -0.15) is 0 Å². The van der Waals surface area contributed by atoms with Crippen LogP contribution in [0.2, 0.25) is 0 Å². The highest BCUT2D eigenvalue weighted by atomic mass is 16.5. The molecule has 0 saturated carbocycles. The summed E-state index contributed by atoms with van der Waals surface area (Å²) in [5.74, 6) is 0.535. The first-order valence-electron chi connectivity index (χ1n) is 6.32. The molecule has 1 aromatic heterocycles. The molecule has 1 aromatic carbocycles. The lowest BCUT2D eigenvalue weighted by Gasteiger charge is -2.11.